The number of hydrogen-bond donors (Lipinski definition) is 0. The van der Waals surface area contributed by atoms with Crippen LogP contribution in [-0.4, -0.2) is 60.7 Å². The summed E-state index contributed by atoms with van der Waals surface area (Å²) in [5.41, 5.74) is 3.63. The first-order valence-corrected chi connectivity index (χ1v) is 10.1. The zero-order chi connectivity index (χ0) is 19.5. The van der Waals surface area contributed by atoms with E-state index in [2.05, 4.69) is 29.1 Å². The first-order valence-electron chi connectivity index (χ1n) is 10.1. The van der Waals surface area contributed by atoms with Gasteiger partial charge in [-0.3, -0.25) is 4.90 Å². The molecule has 150 valence electrons. The van der Waals surface area contributed by atoms with Crippen LogP contribution in [0.1, 0.15) is 41.4 Å². The molecule has 1 atom stereocenters. The molecule has 0 aliphatic carbocycles. The van der Waals surface area contributed by atoms with Gasteiger partial charge in [0, 0.05) is 61.5 Å². The van der Waals surface area contributed by atoms with Crippen molar-refractivity contribution in [2.24, 2.45) is 0 Å². The average Bonchev–Trinajstić information content (AvgIpc) is 2.73. The number of aromatic nitrogens is 2. The second-order valence-corrected chi connectivity index (χ2v) is 7.91. The monoisotopic (exact) mass is 382 g/mol. The van der Waals surface area contributed by atoms with Crippen LogP contribution in [0.5, 0.6) is 11.5 Å². The van der Waals surface area contributed by atoms with Gasteiger partial charge in [-0.2, -0.15) is 0 Å². The van der Waals surface area contributed by atoms with Crippen molar-refractivity contribution in [1.29, 1.82) is 0 Å². The Morgan fingerprint density at radius 3 is 2.86 bits per heavy atom. The van der Waals surface area contributed by atoms with E-state index in [4.69, 9.17) is 19.4 Å². The Balaban J connectivity index is 1.47. The van der Waals surface area contributed by atoms with Gasteiger partial charge in [0.25, 0.3) is 0 Å². The molecule has 1 unspecified atom stereocenters. The highest BCUT2D eigenvalue weighted by atomic mass is 16.5. The largest absolute Gasteiger partial charge is 0.493 e. The molecule has 1 aromatic carbocycles. The fourth-order valence-corrected chi connectivity index (χ4v) is 4.42. The van der Waals surface area contributed by atoms with Crippen LogP contribution in [0.4, 0.5) is 0 Å². The summed E-state index contributed by atoms with van der Waals surface area (Å²) in [7, 11) is 5.57. The van der Waals surface area contributed by atoms with Gasteiger partial charge < -0.3 is 14.4 Å². The SMILES string of the molecule is COc1cccc(CN2CCc3nc(C4CCCN(C)C4)ncc3C2)c1OC. The molecule has 3 heterocycles. The van der Waals surface area contributed by atoms with E-state index in [0.717, 1.165) is 55.5 Å². The quantitative estimate of drug-likeness (QED) is 0.793. The summed E-state index contributed by atoms with van der Waals surface area (Å²) >= 11 is 0. The van der Waals surface area contributed by atoms with Gasteiger partial charge in [0.05, 0.1) is 14.2 Å². The Morgan fingerprint density at radius 1 is 1.18 bits per heavy atom. The molecule has 2 aromatic rings. The Hall–Kier alpha value is -2.18. The Bertz CT molecular complexity index is 826. The van der Waals surface area contributed by atoms with Crippen LogP contribution < -0.4 is 9.47 Å². The fourth-order valence-electron chi connectivity index (χ4n) is 4.42. The second-order valence-electron chi connectivity index (χ2n) is 7.91. The molecule has 2 aliphatic heterocycles. The van der Waals surface area contributed by atoms with Gasteiger partial charge in [0.15, 0.2) is 11.5 Å². The maximum Gasteiger partial charge on any atom is 0.165 e. The first kappa shape index (κ1) is 19.2. The number of likely N-dealkylation sites (N-methyl/N-ethyl adjacent to an activating group) is 1. The number of likely N-dealkylation sites (tertiary alicyclic amines) is 1. The van der Waals surface area contributed by atoms with Gasteiger partial charge in [-0.25, -0.2) is 9.97 Å². The predicted octanol–water partition coefficient (Wildman–Crippen LogP) is 2.86. The van der Waals surface area contributed by atoms with Gasteiger partial charge in [0.1, 0.15) is 5.82 Å². The van der Waals surface area contributed by atoms with Crippen molar-refractivity contribution in [3.8, 4) is 11.5 Å². The lowest BCUT2D eigenvalue weighted by molar-refractivity contribution is 0.233. The average molecular weight is 383 g/mol. The summed E-state index contributed by atoms with van der Waals surface area (Å²) in [6.45, 7) is 4.95. The normalized spacial score (nSPS) is 20.6. The molecule has 6 heteroatoms. The molecule has 4 rings (SSSR count). The maximum atomic E-state index is 5.59. The smallest absolute Gasteiger partial charge is 0.165 e. The molecule has 1 aromatic heterocycles. The summed E-state index contributed by atoms with van der Waals surface area (Å²) in [6, 6.07) is 6.06. The lowest BCUT2D eigenvalue weighted by atomic mass is 9.97. The number of ether oxygens (including phenoxy) is 2. The van der Waals surface area contributed by atoms with Crippen LogP contribution >= 0.6 is 0 Å². The van der Waals surface area contributed by atoms with E-state index in [9.17, 15) is 0 Å². The standard InChI is InChI=1S/C22H30N4O2/c1-25-10-5-7-17(13-25)22-23-12-18-15-26(11-9-19(18)24-22)14-16-6-4-8-20(27-2)21(16)28-3/h4,6,8,12,17H,5,7,9-11,13-15H2,1-3H3. The summed E-state index contributed by atoms with van der Waals surface area (Å²) in [6.07, 6.45) is 5.46. The highest BCUT2D eigenvalue weighted by Crippen LogP contribution is 2.32. The zero-order valence-electron chi connectivity index (χ0n) is 17.1. The van der Waals surface area contributed by atoms with Crippen molar-refractivity contribution in [3.05, 3.63) is 47.0 Å². The second kappa shape index (κ2) is 8.45. The number of hydrogen-bond acceptors (Lipinski definition) is 6. The number of fused-ring (bicyclic) bond motifs is 1. The van der Waals surface area contributed by atoms with E-state index in [1.54, 1.807) is 14.2 Å². The van der Waals surface area contributed by atoms with Gasteiger partial charge in [-0.05, 0) is 32.5 Å². The van der Waals surface area contributed by atoms with E-state index in [0.29, 0.717) is 5.92 Å². The Kier molecular flexibility index (Phi) is 5.78. The third-order valence-electron chi connectivity index (χ3n) is 5.90. The van der Waals surface area contributed by atoms with Crippen molar-refractivity contribution < 1.29 is 9.47 Å². The summed E-state index contributed by atoms with van der Waals surface area (Å²) in [5.74, 6) is 3.11. The van der Waals surface area contributed by atoms with E-state index in [-0.39, 0.29) is 0 Å². The molecule has 0 radical (unpaired) electrons. The summed E-state index contributed by atoms with van der Waals surface area (Å²) in [5, 5.41) is 0. The molecule has 0 amide bonds. The highest BCUT2D eigenvalue weighted by molar-refractivity contribution is 5.46. The minimum atomic E-state index is 0.475. The number of benzene rings is 1. The molecular formula is C22H30N4O2. The molecular weight excluding hydrogens is 352 g/mol. The molecule has 28 heavy (non-hydrogen) atoms. The van der Waals surface area contributed by atoms with E-state index in [1.165, 1.54) is 30.6 Å². The zero-order valence-corrected chi connectivity index (χ0v) is 17.1. The van der Waals surface area contributed by atoms with E-state index < -0.39 is 0 Å². The lowest BCUT2D eigenvalue weighted by Crippen LogP contribution is -2.33. The van der Waals surface area contributed by atoms with Crippen molar-refractivity contribution in [3.63, 3.8) is 0 Å². The van der Waals surface area contributed by atoms with Crippen LogP contribution in [0.25, 0.3) is 0 Å². The van der Waals surface area contributed by atoms with Crippen molar-refractivity contribution in [2.75, 3.05) is 40.9 Å². The number of para-hydroxylation sites is 1. The van der Waals surface area contributed by atoms with Gasteiger partial charge in [-0.15, -0.1) is 0 Å². The topological polar surface area (TPSA) is 50.7 Å². The van der Waals surface area contributed by atoms with E-state index >= 15 is 0 Å². The molecule has 1 saturated heterocycles. The number of methoxy groups -OCH3 is 2. The van der Waals surface area contributed by atoms with Gasteiger partial charge in [-0.1, -0.05) is 12.1 Å². The number of rotatable bonds is 5. The van der Waals surface area contributed by atoms with E-state index in [1.807, 2.05) is 12.1 Å². The molecule has 0 saturated carbocycles. The molecule has 0 N–H and O–H groups in total. The van der Waals surface area contributed by atoms with Crippen molar-refractivity contribution in [2.45, 2.75) is 38.3 Å². The minimum Gasteiger partial charge on any atom is -0.493 e. The summed E-state index contributed by atoms with van der Waals surface area (Å²) in [4.78, 5) is 14.5. The number of nitrogens with zero attached hydrogens (tertiary/aromatic N) is 4. The minimum absolute atomic E-state index is 0.475. The van der Waals surface area contributed by atoms with Crippen LogP contribution in [0.15, 0.2) is 24.4 Å². The molecule has 0 bridgehead atoms. The maximum absolute atomic E-state index is 5.59. The number of piperidine rings is 1. The fraction of sp³-hybridized carbons (Fsp3) is 0.545. The van der Waals surface area contributed by atoms with Crippen LogP contribution in [0, 0.1) is 0 Å². The first-order chi connectivity index (χ1) is 13.7. The van der Waals surface area contributed by atoms with Crippen LogP contribution in [0.2, 0.25) is 0 Å². The lowest BCUT2D eigenvalue weighted by Gasteiger charge is -2.31. The Labute approximate surface area is 167 Å². The molecule has 1 fully saturated rings. The third-order valence-corrected chi connectivity index (χ3v) is 5.90. The summed E-state index contributed by atoms with van der Waals surface area (Å²) < 4.78 is 11.0. The third kappa shape index (κ3) is 3.98. The van der Waals surface area contributed by atoms with Crippen LogP contribution in [0.3, 0.4) is 0 Å². The van der Waals surface area contributed by atoms with Gasteiger partial charge >= 0.3 is 0 Å². The van der Waals surface area contributed by atoms with Gasteiger partial charge in [0.2, 0.25) is 0 Å². The predicted molar refractivity (Wildman–Crippen MR) is 109 cm³/mol. The highest BCUT2D eigenvalue weighted by Gasteiger charge is 2.25. The molecule has 2 aliphatic rings. The Morgan fingerprint density at radius 2 is 2.07 bits per heavy atom. The van der Waals surface area contributed by atoms with Crippen molar-refractivity contribution in [1.82, 2.24) is 19.8 Å². The molecule has 6 nitrogen and oxygen atoms in total. The van der Waals surface area contributed by atoms with Crippen LogP contribution in [-0.2, 0) is 19.5 Å². The molecule has 0 spiro atoms. The van der Waals surface area contributed by atoms with Crippen molar-refractivity contribution >= 4 is 0 Å².